The zero-order valence-corrected chi connectivity index (χ0v) is 10.7. The topological polar surface area (TPSA) is 51.0 Å². The summed E-state index contributed by atoms with van der Waals surface area (Å²) < 4.78 is 5.31. The van der Waals surface area contributed by atoms with Gasteiger partial charge in [0.05, 0.1) is 6.26 Å². The minimum atomic E-state index is 0.269. The largest absolute Gasteiger partial charge is 0.469 e. The molecule has 0 bridgehead atoms. The average Bonchev–Trinajstić information content (AvgIpc) is 2.82. The molecule has 0 saturated carbocycles. The van der Waals surface area contributed by atoms with Gasteiger partial charge in [-0.2, -0.15) is 0 Å². The van der Waals surface area contributed by atoms with E-state index < -0.39 is 0 Å². The normalized spacial score (nSPS) is 12.4. The first-order chi connectivity index (χ1) is 8.28. The van der Waals surface area contributed by atoms with Crippen LogP contribution in [0.25, 0.3) is 0 Å². The van der Waals surface area contributed by atoms with Crippen LogP contribution in [0.3, 0.4) is 0 Å². The second-order valence-electron chi connectivity index (χ2n) is 3.77. The lowest BCUT2D eigenvalue weighted by atomic mass is 10.2. The quantitative estimate of drug-likeness (QED) is 0.652. The number of hydrogen-bond acceptors (Lipinski definition) is 5. The molecule has 2 heterocycles. The Morgan fingerprint density at radius 3 is 3.06 bits per heavy atom. The number of furan rings is 1. The molecule has 0 amide bonds. The highest BCUT2D eigenvalue weighted by molar-refractivity contribution is 7.98. The SMILES string of the molecule is CSc1cc(NC(C)Cc2ccco2)ncn1. The van der Waals surface area contributed by atoms with Crippen molar-refractivity contribution in [3.63, 3.8) is 0 Å². The number of nitrogens with zero attached hydrogens (tertiary/aromatic N) is 2. The third kappa shape index (κ3) is 3.49. The Morgan fingerprint density at radius 1 is 1.47 bits per heavy atom. The fourth-order valence-electron chi connectivity index (χ4n) is 1.56. The van der Waals surface area contributed by atoms with Gasteiger partial charge in [0, 0.05) is 18.5 Å². The van der Waals surface area contributed by atoms with E-state index in [1.54, 1.807) is 24.4 Å². The smallest absolute Gasteiger partial charge is 0.130 e. The summed E-state index contributed by atoms with van der Waals surface area (Å²) in [6.45, 7) is 2.10. The molecule has 0 saturated heterocycles. The van der Waals surface area contributed by atoms with Crippen LogP contribution in [0, 0.1) is 0 Å². The van der Waals surface area contributed by atoms with Crippen LogP contribution in [0.1, 0.15) is 12.7 Å². The average molecular weight is 249 g/mol. The van der Waals surface area contributed by atoms with E-state index in [0.717, 1.165) is 23.0 Å². The summed E-state index contributed by atoms with van der Waals surface area (Å²) in [5, 5.41) is 4.30. The van der Waals surface area contributed by atoms with E-state index in [1.807, 2.05) is 24.5 Å². The molecule has 1 N–H and O–H groups in total. The van der Waals surface area contributed by atoms with Crippen molar-refractivity contribution in [1.29, 1.82) is 0 Å². The predicted molar refractivity (Wildman–Crippen MR) is 69.3 cm³/mol. The lowest BCUT2D eigenvalue weighted by Gasteiger charge is -2.13. The predicted octanol–water partition coefficient (Wildman–Crippen LogP) is 2.83. The number of rotatable bonds is 5. The van der Waals surface area contributed by atoms with Crippen molar-refractivity contribution in [2.75, 3.05) is 11.6 Å². The maximum atomic E-state index is 5.31. The monoisotopic (exact) mass is 249 g/mol. The van der Waals surface area contributed by atoms with Crippen molar-refractivity contribution >= 4 is 17.6 Å². The third-order valence-corrected chi connectivity index (χ3v) is 2.97. The highest BCUT2D eigenvalue weighted by Gasteiger charge is 2.06. The molecule has 0 aliphatic rings. The van der Waals surface area contributed by atoms with Crippen molar-refractivity contribution in [3.8, 4) is 0 Å². The van der Waals surface area contributed by atoms with Crippen molar-refractivity contribution in [2.24, 2.45) is 0 Å². The Hall–Kier alpha value is -1.49. The fourth-order valence-corrected chi connectivity index (χ4v) is 1.95. The van der Waals surface area contributed by atoms with E-state index in [9.17, 15) is 0 Å². The Kier molecular flexibility index (Phi) is 4.03. The third-order valence-electron chi connectivity index (χ3n) is 2.33. The molecule has 0 fully saturated rings. The maximum absolute atomic E-state index is 5.31. The van der Waals surface area contributed by atoms with E-state index in [-0.39, 0.29) is 6.04 Å². The zero-order valence-electron chi connectivity index (χ0n) is 9.88. The van der Waals surface area contributed by atoms with E-state index in [0.29, 0.717) is 0 Å². The number of nitrogens with one attached hydrogen (secondary N) is 1. The summed E-state index contributed by atoms with van der Waals surface area (Å²) in [6, 6.07) is 6.10. The molecule has 0 spiro atoms. The summed E-state index contributed by atoms with van der Waals surface area (Å²) in [5.74, 6) is 1.83. The lowest BCUT2D eigenvalue weighted by Crippen LogP contribution is -2.18. The maximum Gasteiger partial charge on any atom is 0.130 e. The Bertz CT molecular complexity index is 459. The van der Waals surface area contributed by atoms with Crippen LogP contribution in [0.4, 0.5) is 5.82 Å². The second kappa shape index (κ2) is 5.72. The van der Waals surface area contributed by atoms with Gasteiger partial charge in [0.25, 0.3) is 0 Å². The summed E-state index contributed by atoms with van der Waals surface area (Å²) in [7, 11) is 0. The van der Waals surface area contributed by atoms with Crippen molar-refractivity contribution in [2.45, 2.75) is 24.4 Å². The van der Waals surface area contributed by atoms with E-state index in [2.05, 4.69) is 22.2 Å². The molecule has 0 aliphatic carbocycles. The summed E-state index contributed by atoms with van der Waals surface area (Å²) in [5.41, 5.74) is 0. The number of anilines is 1. The van der Waals surface area contributed by atoms with Gasteiger partial charge in [0.1, 0.15) is 22.9 Å². The van der Waals surface area contributed by atoms with Crippen molar-refractivity contribution in [3.05, 3.63) is 36.5 Å². The van der Waals surface area contributed by atoms with Crippen LogP contribution in [0.2, 0.25) is 0 Å². The van der Waals surface area contributed by atoms with Gasteiger partial charge in [0.15, 0.2) is 0 Å². The molecule has 5 heteroatoms. The van der Waals surface area contributed by atoms with E-state index in [1.165, 1.54) is 0 Å². The standard InChI is InChI=1S/C12H15N3OS/c1-9(6-10-4-3-5-16-10)15-11-7-12(17-2)14-8-13-11/h3-5,7-9H,6H2,1-2H3,(H,13,14,15). The molecule has 1 unspecified atom stereocenters. The minimum Gasteiger partial charge on any atom is -0.469 e. The number of thioether (sulfide) groups is 1. The van der Waals surface area contributed by atoms with E-state index in [4.69, 9.17) is 4.42 Å². The van der Waals surface area contributed by atoms with Crippen molar-refractivity contribution in [1.82, 2.24) is 9.97 Å². The molecule has 17 heavy (non-hydrogen) atoms. The molecule has 1 atom stereocenters. The highest BCUT2D eigenvalue weighted by atomic mass is 32.2. The van der Waals surface area contributed by atoms with Gasteiger partial charge in [-0.25, -0.2) is 9.97 Å². The Labute approximate surface area is 105 Å². The van der Waals surface area contributed by atoms with E-state index >= 15 is 0 Å². The first kappa shape index (κ1) is 12.0. The Balaban J connectivity index is 1.95. The fraction of sp³-hybridized carbons (Fsp3) is 0.333. The van der Waals surface area contributed by atoms with Gasteiger partial charge in [-0.15, -0.1) is 11.8 Å². The molecule has 4 nitrogen and oxygen atoms in total. The van der Waals surface area contributed by atoms with Gasteiger partial charge in [0.2, 0.25) is 0 Å². The molecule has 2 rings (SSSR count). The molecule has 0 aromatic carbocycles. The lowest BCUT2D eigenvalue weighted by molar-refractivity contribution is 0.497. The number of aromatic nitrogens is 2. The molecule has 0 radical (unpaired) electrons. The van der Waals surface area contributed by atoms with Crippen LogP contribution < -0.4 is 5.32 Å². The van der Waals surface area contributed by atoms with Gasteiger partial charge < -0.3 is 9.73 Å². The molecule has 90 valence electrons. The molecular formula is C12H15N3OS. The molecule has 2 aromatic heterocycles. The highest BCUT2D eigenvalue weighted by Crippen LogP contribution is 2.15. The Morgan fingerprint density at radius 2 is 2.35 bits per heavy atom. The van der Waals surface area contributed by atoms with Crippen LogP contribution >= 0.6 is 11.8 Å². The van der Waals surface area contributed by atoms with Gasteiger partial charge >= 0.3 is 0 Å². The van der Waals surface area contributed by atoms with Gasteiger partial charge in [-0.3, -0.25) is 0 Å². The molecule has 0 aliphatic heterocycles. The first-order valence-corrected chi connectivity index (χ1v) is 6.65. The minimum absolute atomic E-state index is 0.269. The molecular weight excluding hydrogens is 234 g/mol. The summed E-state index contributed by atoms with van der Waals surface area (Å²) >= 11 is 1.61. The first-order valence-electron chi connectivity index (χ1n) is 5.43. The summed E-state index contributed by atoms with van der Waals surface area (Å²) in [4.78, 5) is 8.32. The summed E-state index contributed by atoms with van der Waals surface area (Å²) in [6.07, 6.45) is 6.11. The van der Waals surface area contributed by atoms with Crippen LogP contribution in [-0.4, -0.2) is 22.3 Å². The van der Waals surface area contributed by atoms with Crippen LogP contribution in [0.5, 0.6) is 0 Å². The second-order valence-corrected chi connectivity index (χ2v) is 4.60. The van der Waals surface area contributed by atoms with Gasteiger partial charge in [-0.05, 0) is 25.3 Å². The van der Waals surface area contributed by atoms with Crippen molar-refractivity contribution < 1.29 is 4.42 Å². The van der Waals surface area contributed by atoms with Crippen LogP contribution in [-0.2, 0) is 6.42 Å². The van der Waals surface area contributed by atoms with Gasteiger partial charge in [-0.1, -0.05) is 0 Å². The molecule has 2 aromatic rings. The van der Waals surface area contributed by atoms with Crippen LogP contribution in [0.15, 0.2) is 40.2 Å². The zero-order chi connectivity index (χ0) is 12.1. The number of hydrogen-bond donors (Lipinski definition) is 1.